The lowest BCUT2D eigenvalue weighted by molar-refractivity contribution is -0.388. The molecule has 1 rings (SSSR count). The van der Waals surface area contributed by atoms with Gasteiger partial charge in [0.1, 0.15) is 5.56 Å². The molecule has 0 atom stereocenters. The van der Waals surface area contributed by atoms with Crippen LogP contribution >= 0.6 is 11.6 Å². The predicted octanol–water partition coefficient (Wildman–Crippen LogP) is 3.29. The molecular formula is C8HClF6N2O4. The summed E-state index contributed by atoms with van der Waals surface area (Å²) >= 11 is 4.85. The first kappa shape index (κ1) is 16.9. The fourth-order valence-corrected chi connectivity index (χ4v) is 1.40. The second-order valence-corrected chi connectivity index (χ2v) is 3.62. The first-order chi connectivity index (χ1) is 9.34. The van der Waals surface area contributed by atoms with E-state index in [1.165, 1.54) is 0 Å². The molecule has 6 nitrogen and oxygen atoms in total. The van der Waals surface area contributed by atoms with Gasteiger partial charge in [0, 0.05) is 0 Å². The number of hydrogen-bond donors (Lipinski definition) is 0. The maximum atomic E-state index is 12.7. The molecule has 0 saturated carbocycles. The molecule has 0 unspecified atom stereocenters. The monoisotopic (exact) mass is 338 g/mol. The van der Waals surface area contributed by atoms with Gasteiger partial charge < -0.3 is 4.74 Å². The van der Waals surface area contributed by atoms with E-state index in [2.05, 4.69) is 9.72 Å². The molecule has 1 aromatic rings. The average Bonchev–Trinajstić information content (AvgIpc) is 2.23. The molecule has 0 radical (unpaired) electrons. The molecule has 0 N–H and O–H groups in total. The van der Waals surface area contributed by atoms with Crippen molar-refractivity contribution in [3.05, 3.63) is 27.4 Å². The molecule has 21 heavy (non-hydrogen) atoms. The van der Waals surface area contributed by atoms with Crippen molar-refractivity contribution in [2.45, 2.75) is 12.5 Å². The lowest BCUT2D eigenvalue weighted by Crippen LogP contribution is -2.22. The van der Waals surface area contributed by atoms with E-state index in [1.54, 1.807) is 0 Å². The highest BCUT2D eigenvalue weighted by Gasteiger charge is 2.48. The van der Waals surface area contributed by atoms with Crippen molar-refractivity contribution in [2.75, 3.05) is 0 Å². The van der Waals surface area contributed by atoms with Gasteiger partial charge in [-0.3, -0.25) is 14.9 Å². The Labute approximate surface area is 115 Å². The Hall–Kier alpha value is -2.11. The molecule has 1 heterocycles. The summed E-state index contributed by atoms with van der Waals surface area (Å²) in [6, 6.07) is 0. The number of alkyl halides is 6. The van der Waals surface area contributed by atoms with E-state index in [4.69, 9.17) is 11.6 Å². The van der Waals surface area contributed by atoms with Crippen LogP contribution in [0.3, 0.4) is 0 Å². The topological polar surface area (TPSA) is 82.3 Å². The molecule has 0 aliphatic carbocycles. The zero-order valence-corrected chi connectivity index (χ0v) is 10.0. The largest absolute Gasteiger partial charge is 0.574 e. The van der Waals surface area contributed by atoms with Crippen LogP contribution in [0, 0.1) is 10.1 Å². The van der Waals surface area contributed by atoms with Crippen molar-refractivity contribution in [3.8, 4) is 5.88 Å². The van der Waals surface area contributed by atoms with Crippen molar-refractivity contribution >= 4 is 22.5 Å². The third-order valence-corrected chi connectivity index (χ3v) is 2.11. The van der Waals surface area contributed by atoms with Crippen LogP contribution in [0.4, 0.5) is 32.0 Å². The molecule has 0 amide bonds. The van der Waals surface area contributed by atoms with Crippen LogP contribution in [0.5, 0.6) is 5.88 Å². The molecule has 0 aliphatic heterocycles. The van der Waals surface area contributed by atoms with E-state index in [-0.39, 0.29) is 6.20 Å². The van der Waals surface area contributed by atoms with Gasteiger partial charge in [0.05, 0.1) is 11.1 Å². The average molecular weight is 339 g/mol. The predicted molar refractivity (Wildman–Crippen MR) is 52.8 cm³/mol. The summed E-state index contributed by atoms with van der Waals surface area (Å²) in [6.07, 6.45) is -11.1. The number of carbonyl (C=O) groups is 1. The van der Waals surface area contributed by atoms with E-state index in [0.29, 0.717) is 0 Å². The molecule has 0 fully saturated rings. The van der Waals surface area contributed by atoms with E-state index in [0.717, 1.165) is 0 Å². The second-order valence-electron chi connectivity index (χ2n) is 3.28. The Morgan fingerprint density at radius 1 is 1.29 bits per heavy atom. The van der Waals surface area contributed by atoms with Gasteiger partial charge in [-0.15, -0.1) is 13.2 Å². The van der Waals surface area contributed by atoms with Crippen LogP contribution in [-0.2, 0) is 6.18 Å². The van der Waals surface area contributed by atoms with Crippen LogP contribution < -0.4 is 4.74 Å². The fourth-order valence-electron chi connectivity index (χ4n) is 1.26. The number of nitrogens with zero attached hydrogens (tertiary/aromatic N) is 2. The summed E-state index contributed by atoms with van der Waals surface area (Å²) in [5.41, 5.74) is -5.75. The summed E-state index contributed by atoms with van der Waals surface area (Å²) in [4.78, 5) is 22.4. The van der Waals surface area contributed by atoms with Gasteiger partial charge in [-0.05, 0) is 11.6 Å². The smallest absolute Gasteiger partial charge is 0.387 e. The van der Waals surface area contributed by atoms with Gasteiger partial charge >= 0.3 is 18.2 Å². The summed E-state index contributed by atoms with van der Waals surface area (Å²) in [6.45, 7) is 0. The minimum Gasteiger partial charge on any atom is -0.387 e. The van der Waals surface area contributed by atoms with E-state index in [1.807, 2.05) is 0 Å². The lowest BCUT2D eigenvalue weighted by Gasteiger charge is -2.15. The minimum absolute atomic E-state index is 0.0871. The van der Waals surface area contributed by atoms with E-state index >= 15 is 0 Å². The molecular weight excluding hydrogens is 338 g/mol. The third-order valence-electron chi connectivity index (χ3n) is 1.91. The van der Waals surface area contributed by atoms with Gasteiger partial charge in [0.15, 0.2) is 5.56 Å². The normalized spacial score (nSPS) is 12.1. The van der Waals surface area contributed by atoms with E-state index in [9.17, 15) is 41.3 Å². The molecule has 0 bridgehead atoms. The maximum Gasteiger partial charge on any atom is 0.574 e. The van der Waals surface area contributed by atoms with Crippen LogP contribution in [0.15, 0.2) is 6.20 Å². The minimum atomic E-state index is -5.64. The van der Waals surface area contributed by atoms with Gasteiger partial charge in [-0.25, -0.2) is 4.98 Å². The number of nitro groups is 1. The first-order valence-electron chi connectivity index (χ1n) is 4.54. The van der Waals surface area contributed by atoms with Crippen molar-refractivity contribution in [1.82, 2.24) is 4.98 Å². The number of halogens is 7. The Bertz CT molecular complexity index is 600. The Kier molecular flexibility index (Phi) is 4.32. The second kappa shape index (κ2) is 5.35. The van der Waals surface area contributed by atoms with Gasteiger partial charge in [-0.2, -0.15) is 13.2 Å². The van der Waals surface area contributed by atoms with Crippen molar-refractivity contribution in [3.63, 3.8) is 0 Å². The number of pyridine rings is 1. The summed E-state index contributed by atoms with van der Waals surface area (Å²) < 4.78 is 77.2. The Morgan fingerprint density at radius 3 is 2.14 bits per heavy atom. The fraction of sp³-hybridized carbons (Fsp3) is 0.250. The molecule has 1 aromatic heterocycles. The summed E-state index contributed by atoms with van der Waals surface area (Å²) in [5, 5.41) is 8.95. The standard InChI is InChI=1S/C8HClF6N2O4/c9-5(18)2-1-16-6(21-8(13,14)15)3(7(10,11)12)4(2)17(19)20/h1H. The van der Waals surface area contributed by atoms with Crippen LogP contribution in [-0.4, -0.2) is 21.5 Å². The maximum absolute atomic E-state index is 12.7. The molecule has 0 saturated heterocycles. The molecule has 0 aliphatic rings. The Balaban J connectivity index is 3.73. The van der Waals surface area contributed by atoms with Crippen LogP contribution in [0.2, 0.25) is 0 Å². The number of carbonyl (C=O) groups excluding carboxylic acids is 1. The zero-order valence-electron chi connectivity index (χ0n) is 9.25. The number of aromatic nitrogens is 1. The highest BCUT2D eigenvalue weighted by Crippen LogP contribution is 2.44. The molecule has 116 valence electrons. The zero-order chi connectivity index (χ0) is 16.6. The number of rotatable bonds is 3. The van der Waals surface area contributed by atoms with Crippen molar-refractivity contribution in [2.24, 2.45) is 0 Å². The molecule has 0 aromatic carbocycles. The highest BCUT2D eigenvalue weighted by molar-refractivity contribution is 6.68. The number of ether oxygens (including phenoxy) is 1. The quantitative estimate of drug-likeness (QED) is 0.365. The van der Waals surface area contributed by atoms with Gasteiger partial charge in [0.25, 0.3) is 5.24 Å². The SMILES string of the molecule is O=C(Cl)c1cnc(OC(F)(F)F)c(C(F)(F)F)c1[N+](=O)[O-]. The number of hydrogen-bond acceptors (Lipinski definition) is 5. The Morgan fingerprint density at radius 2 is 1.81 bits per heavy atom. The molecule has 13 heteroatoms. The highest BCUT2D eigenvalue weighted by atomic mass is 35.5. The van der Waals surface area contributed by atoms with Crippen molar-refractivity contribution < 1.29 is 40.8 Å². The third kappa shape index (κ3) is 3.93. The van der Waals surface area contributed by atoms with Crippen LogP contribution in [0.1, 0.15) is 15.9 Å². The van der Waals surface area contributed by atoms with Gasteiger partial charge in [-0.1, -0.05) is 0 Å². The lowest BCUT2D eigenvalue weighted by atomic mass is 10.1. The summed E-state index contributed by atoms with van der Waals surface area (Å²) in [5.74, 6) is -2.11. The first-order valence-corrected chi connectivity index (χ1v) is 4.92. The summed E-state index contributed by atoms with van der Waals surface area (Å²) in [7, 11) is 0. The molecule has 0 spiro atoms. The van der Waals surface area contributed by atoms with Crippen LogP contribution in [0.25, 0.3) is 0 Å². The van der Waals surface area contributed by atoms with Crippen molar-refractivity contribution in [1.29, 1.82) is 0 Å². The van der Waals surface area contributed by atoms with E-state index < -0.39 is 45.4 Å². The van der Waals surface area contributed by atoms with Gasteiger partial charge in [0.2, 0.25) is 5.88 Å².